The Hall–Kier alpha value is -1.71. The van der Waals surface area contributed by atoms with Crippen LogP contribution in [0.3, 0.4) is 0 Å². The van der Waals surface area contributed by atoms with Gasteiger partial charge in [0.05, 0.1) is 0 Å². The van der Waals surface area contributed by atoms with Gasteiger partial charge < -0.3 is 4.74 Å². The van der Waals surface area contributed by atoms with E-state index in [2.05, 4.69) is 11.7 Å². The average Bonchev–Trinajstić information content (AvgIpc) is 2.63. The number of hydrogen-bond acceptors (Lipinski definition) is 1. The van der Waals surface area contributed by atoms with E-state index in [1.807, 2.05) is 12.1 Å². The zero-order valence-electron chi connectivity index (χ0n) is 15.3. The van der Waals surface area contributed by atoms with Crippen molar-refractivity contribution < 1.29 is 17.9 Å². The van der Waals surface area contributed by atoms with Gasteiger partial charge >= 0.3 is 6.61 Å². The highest BCUT2D eigenvalue weighted by molar-refractivity contribution is 5.85. The lowest BCUT2D eigenvalue weighted by Crippen LogP contribution is -2.15. The third-order valence-electron chi connectivity index (χ3n) is 5.70. The highest BCUT2D eigenvalue weighted by Crippen LogP contribution is 2.34. The number of rotatable bonds is 7. The normalized spacial score (nSPS) is 20.7. The SMILES string of the molecule is CCCC1CCC(CCc2ccc3c(F)c(OC(F)F)ccc3c2)CC1. The van der Waals surface area contributed by atoms with Crippen LogP contribution in [0, 0.1) is 17.7 Å². The van der Waals surface area contributed by atoms with Gasteiger partial charge in [-0.1, -0.05) is 69.7 Å². The molecule has 26 heavy (non-hydrogen) atoms. The maximum Gasteiger partial charge on any atom is 0.387 e. The van der Waals surface area contributed by atoms with E-state index in [0.29, 0.717) is 5.39 Å². The van der Waals surface area contributed by atoms with Crippen LogP contribution in [0.4, 0.5) is 13.2 Å². The van der Waals surface area contributed by atoms with Crippen LogP contribution in [0.1, 0.15) is 57.4 Å². The first-order valence-corrected chi connectivity index (χ1v) is 9.72. The molecule has 0 aromatic heterocycles. The van der Waals surface area contributed by atoms with E-state index in [1.54, 1.807) is 12.1 Å². The monoisotopic (exact) mass is 364 g/mol. The standard InChI is InChI=1S/C22H27F3O/c1-2-3-15-4-6-16(7-5-15)8-9-17-10-12-19-18(14-17)11-13-20(21(19)23)26-22(24)25/h10-16,22H,2-9H2,1H3. The molecule has 1 aliphatic carbocycles. The second-order valence-electron chi connectivity index (χ2n) is 7.53. The zero-order chi connectivity index (χ0) is 18.5. The van der Waals surface area contributed by atoms with Gasteiger partial charge in [-0.2, -0.15) is 8.78 Å². The highest BCUT2D eigenvalue weighted by Gasteiger charge is 2.20. The van der Waals surface area contributed by atoms with Crippen molar-refractivity contribution >= 4 is 10.8 Å². The number of hydrogen-bond donors (Lipinski definition) is 0. The van der Waals surface area contributed by atoms with Gasteiger partial charge in [0.2, 0.25) is 0 Å². The van der Waals surface area contributed by atoms with Crippen LogP contribution in [0.5, 0.6) is 5.75 Å². The Balaban J connectivity index is 1.61. The fourth-order valence-corrected chi connectivity index (χ4v) is 4.25. The van der Waals surface area contributed by atoms with Crippen LogP contribution in [-0.4, -0.2) is 6.61 Å². The Morgan fingerprint density at radius 3 is 2.35 bits per heavy atom. The lowest BCUT2D eigenvalue weighted by Gasteiger charge is -2.28. The summed E-state index contributed by atoms with van der Waals surface area (Å²) in [7, 11) is 0. The molecular formula is C22H27F3O. The second kappa shape index (κ2) is 8.79. The van der Waals surface area contributed by atoms with Crippen molar-refractivity contribution in [2.45, 2.75) is 64.9 Å². The van der Waals surface area contributed by atoms with Crippen molar-refractivity contribution in [2.75, 3.05) is 0 Å². The summed E-state index contributed by atoms with van der Waals surface area (Å²) in [4.78, 5) is 0. The Kier molecular flexibility index (Phi) is 6.44. The Morgan fingerprint density at radius 1 is 1.00 bits per heavy atom. The van der Waals surface area contributed by atoms with Crippen LogP contribution >= 0.6 is 0 Å². The molecule has 1 aliphatic rings. The largest absolute Gasteiger partial charge is 0.432 e. The summed E-state index contributed by atoms with van der Waals surface area (Å²) in [6.45, 7) is -0.759. The number of halogens is 3. The quantitative estimate of drug-likeness (QED) is 0.508. The first kappa shape index (κ1) is 19.1. The summed E-state index contributed by atoms with van der Waals surface area (Å²) >= 11 is 0. The predicted octanol–water partition coefficient (Wildman–Crippen LogP) is 7.12. The molecule has 0 N–H and O–H groups in total. The smallest absolute Gasteiger partial charge is 0.387 e. The third kappa shape index (κ3) is 4.72. The predicted molar refractivity (Wildman–Crippen MR) is 99.2 cm³/mol. The van der Waals surface area contributed by atoms with Crippen molar-refractivity contribution in [1.29, 1.82) is 0 Å². The molecule has 0 aliphatic heterocycles. The van der Waals surface area contributed by atoms with Crippen molar-refractivity contribution in [2.24, 2.45) is 11.8 Å². The average molecular weight is 364 g/mol. The molecule has 1 fully saturated rings. The number of alkyl halides is 2. The molecule has 0 bridgehead atoms. The van der Waals surface area contributed by atoms with Crippen LogP contribution in [0.15, 0.2) is 30.3 Å². The maximum absolute atomic E-state index is 14.3. The molecule has 0 radical (unpaired) electrons. The summed E-state index contributed by atoms with van der Waals surface area (Å²) in [5.74, 6) is 0.592. The summed E-state index contributed by atoms with van der Waals surface area (Å²) in [5.41, 5.74) is 1.18. The Labute approximate surface area is 153 Å². The van der Waals surface area contributed by atoms with Gasteiger partial charge in [0, 0.05) is 5.39 Å². The van der Waals surface area contributed by atoms with Crippen LogP contribution < -0.4 is 4.74 Å². The van der Waals surface area contributed by atoms with E-state index >= 15 is 0 Å². The van der Waals surface area contributed by atoms with Crippen molar-refractivity contribution in [1.82, 2.24) is 0 Å². The molecule has 0 atom stereocenters. The van der Waals surface area contributed by atoms with Gasteiger partial charge in [-0.05, 0) is 41.7 Å². The molecule has 0 unspecified atom stereocenters. The van der Waals surface area contributed by atoms with Crippen molar-refractivity contribution in [3.8, 4) is 5.75 Å². The van der Waals surface area contributed by atoms with E-state index in [1.165, 1.54) is 56.6 Å². The van der Waals surface area contributed by atoms with Gasteiger partial charge in [0.15, 0.2) is 11.6 Å². The van der Waals surface area contributed by atoms with Crippen LogP contribution in [0.2, 0.25) is 0 Å². The molecule has 3 rings (SSSR count). The van der Waals surface area contributed by atoms with Gasteiger partial charge in [-0.15, -0.1) is 0 Å². The number of fused-ring (bicyclic) bond motifs is 1. The minimum Gasteiger partial charge on any atom is -0.432 e. The second-order valence-corrected chi connectivity index (χ2v) is 7.53. The number of aryl methyl sites for hydroxylation is 1. The van der Waals surface area contributed by atoms with E-state index in [0.717, 1.165) is 23.6 Å². The molecule has 1 saturated carbocycles. The minimum absolute atomic E-state index is 0.326. The number of ether oxygens (including phenoxy) is 1. The van der Waals surface area contributed by atoms with Crippen LogP contribution in [0.25, 0.3) is 10.8 Å². The third-order valence-corrected chi connectivity index (χ3v) is 5.70. The van der Waals surface area contributed by atoms with Gasteiger partial charge in [0.25, 0.3) is 0 Å². The van der Waals surface area contributed by atoms with Crippen LogP contribution in [-0.2, 0) is 6.42 Å². The molecule has 0 spiro atoms. The molecule has 142 valence electrons. The van der Waals surface area contributed by atoms with E-state index < -0.39 is 18.2 Å². The summed E-state index contributed by atoms with van der Waals surface area (Å²) < 4.78 is 43.1. The van der Waals surface area contributed by atoms with Crippen molar-refractivity contribution in [3.05, 3.63) is 41.7 Å². The van der Waals surface area contributed by atoms with E-state index in [9.17, 15) is 13.2 Å². The summed E-state index contributed by atoms with van der Waals surface area (Å²) in [5, 5.41) is 1.06. The van der Waals surface area contributed by atoms with Gasteiger partial charge in [0.1, 0.15) is 0 Å². The van der Waals surface area contributed by atoms with Crippen molar-refractivity contribution in [3.63, 3.8) is 0 Å². The van der Waals surface area contributed by atoms with E-state index in [-0.39, 0.29) is 0 Å². The lowest BCUT2D eigenvalue weighted by molar-refractivity contribution is -0.0520. The molecular weight excluding hydrogens is 337 g/mol. The molecule has 1 nitrogen and oxygen atoms in total. The first-order valence-electron chi connectivity index (χ1n) is 9.72. The summed E-state index contributed by atoms with van der Waals surface area (Å²) in [6.07, 6.45) is 10.1. The molecule has 0 heterocycles. The maximum atomic E-state index is 14.3. The van der Waals surface area contributed by atoms with Gasteiger partial charge in [-0.25, -0.2) is 4.39 Å². The summed E-state index contributed by atoms with van der Waals surface area (Å²) in [6, 6.07) is 8.47. The van der Waals surface area contributed by atoms with E-state index in [4.69, 9.17) is 0 Å². The Bertz CT molecular complexity index is 721. The molecule has 0 amide bonds. The lowest BCUT2D eigenvalue weighted by atomic mass is 9.78. The van der Waals surface area contributed by atoms with Gasteiger partial charge in [-0.3, -0.25) is 0 Å². The number of benzene rings is 2. The zero-order valence-corrected chi connectivity index (χ0v) is 15.3. The topological polar surface area (TPSA) is 9.23 Å². The fourth-order valence-electron chi connectivity index (χ4n) is 4.25. The molecule has 2 aromatic rings. The first-order chi connectivity index (χ1) is 12.6. The Morgan fingerprint density at radius 2 is 1.69 bits per heavy atom. The molecule has 4 heteroatoms. The minimum atomic E-state index is -3.02. The molecule has 2 aromatic carbocycles. The molecule has 0 saturated heterocycles. The highest BCUT2D eigenvalue weighted by atomic mass is 19.3. The fraction of sp³-hybridized carbons (Fsp3) is 0.545.